The normalized spacial score (nSPS) is 17.5. The summed E-state index contributed by atoms with van der Waals surface area (Å²) < 4.78 is 5.38. The van der Waals surface area contributed by atoms with Crippen molar-refractivity contribution in [2.75, 3.05) is 0 Å². The summed E-state index contributed by atoms with van der Waals surface area (Å²) in [5.41, 5.74) is -1.01. The van der Waals surface area contributed by atoms with E-state index >= 15 is 0 Å². The third-order valence-electron chi connectivity index (χ3n) is 3.42. The molecule has 0 aliphatic heterocycles. The maximum absolute atomic E-state index is 11.8. The Morgan fingerprint density at radius 1 is 1.21 bits per heavy atom. The number of Topliss-reactive ketones (excluding diaryl/α,β-unsaturated/α-hetero) is 1. The van der Waals surface area contributed by atoms with Gasteiger partial charge in [-0.3, -0.25) is 4.79 Å². The number of carbonyl (C=O) groups excluding carboxylic acids is 1. The molecule has 0 amide bonds. The lowest BCUT2D eigenvalue weighted by atomic mass is 9.85. The third kappa shape index (κ3) is 3.41. The molecule has 4 heteroatoms. The number of ketones is 1. The summed E-state index contributed by atoms with van der Waals surface area (Å²) in [5, 5.41) is 20.7. The molecule has 0 heterocycles. The Morgan fingerprint density at radius 2 is 1.79 bits per heavy atom. The van der Waals surface area contributed by atoms with Crippen molar-refractivity contribution in [3.8, 4) is 0 Å². The molecular formula is C15H22O4. The molecule has 106 valence electrons. The summed E-state index contributed by atoms with van der Waals surface area (Å²) in [7, 11) is 0. The van der Waals surface area contributed by atoms with Crippen LogP contribution in [-0.2, 0) is 16.1 Å². The van der Waals surface area contributed by atoms with Crippen molar-refractivity contribution >= 4 is 5.78 Å². The minimum atomic E-state index is -1.91. The van der Waals surface area contributed by atoms with E-state index in [1.165, 1.54) is 6.92 Å². The Morgan fingerprint density at radius 3 is 2.26 bits per heavy atom. The molecule has 1 aromatic rings. The highest BCUT2D eigenvalue weighted by Gasteiger charge is 2.50. The van der Waals surface area contributed by atoms with Crippen LogP contribution < -0.4 is 0 Å². The molecular weight excluding hydrogens is 244 g/mol. The van der Waals surface area contributed by atoms with Crippen LogP contribution in [0.5, 0.6) is 0 Å². The second-order valence-corrected chi connectivity index (χ2v) is 4.75. The average molecular weight is 266 g/mol. The van der Waals surface area contributed by atoms with Crippen LogP contribution in [0.15, 0.2) is 30.3 Å². The van der Waals surface area contributed by atoms with Crippen LogP contribution in [0.2, 0.25) is 0 Å². The molecule has 0 aliphatic rings. The standard InChI is InChI=1S/C15H22O4/c1-4-13(16)15(18,5-2)14(3,17)19-11-12-9-7-6-8-10-12/h6-10,17-18H,4-5,11H2,1-3H3/t14-,15+/m0/s1. The Kier molecular flexibility index (Phi) is 5.23. The quantitative estimate of drug-likeness (QED) is 0.741. The molecule has 1 rings (SSSR count). The predicted octanol–water partition coefficient (Wildman–Crippen LogP) is 2.03. The fourth-order valence-electron chi connectivity index (χ4n) is 1.99. The molecule has 1 aromatic carbocycles. The van der Waals surface area contributed by atoms with Gasteiger partial charge in [0.05, 0.1) is 6.61 Å². The molecule has 0 aromatic heterocycles. The monoisotopic (exact) mass is 266 g/mol. The van der Waals surface area contributed by atoms with E-state index in [-0.39, 0.29) is 19.4 Å². The van der Waals surface area contributed by atoms with Gasteiger partial charge >= 0.3 is 0 Å². The molecule has 0 saturated carbocycles. The second kappa shape index (κ2) is 6.28. The van der Waals surface area contributed by atoms with E-state index in [9.17, 15) is 15.0 Å². The lowest BCUT2D eigenvalue weighted by Gasteiger charge is -2.38. The molecule has 0 fully saturated rings. The number of hydrogen-bond acceptors (Lipinski definition) is 4. The van der Waals surface area contributed by atoms with Crippen LogP contribution in [0.4, 0.5) is 0 Å². The maximum Gasteiger partial charge on any atom is 0.199 e. The SMILES string of the molecule is CCC(=O)[C@](O)(CC)[C@@](C)(O)OCc1ccccc1. The minimum Gasteiger partial charge on any atom is -0.377 e. The van der Waals surface area contributed by atoms with Crippen molar-refractivity contribution in [1.82, 2.24) is 0 Å². The van der Waals surface area contributed by atoms with Crippen LogP contribution in [0.1, 0.15) is 39.2 Å². The van der Waals surface area contributed by atoms with Crippen molar-refractivity contribution in [3.05, 3.63) is 35.9 Å². The van der Waals surface area contributed by atoms with E-state index in [1.807, 2.05) is 30.3 Å². The molecule has 0 spiro atoms. The highest BCUT2D eigenvalue weighted by molar-refractivity contribution is 5.87. The molecule has 0 saturated heterocycles. The summed E-state index contributed by atoms with van der Waals surface area (Å²) in [5.74, 6) is -2.34. The highest BCUT2D eigenvalue weighted by atomic mass is 16.6. The minimum absolute atomic E-state index is 0.0987. The van der Waals surface area contributed by atoms with E-state index < -0.39 is 17.2 Å². The first kappa shape index (κ1) is 15.8. The predicted molar refractivity (Wildman–Crippen MR) is 72.4 cm³/mol. The van der Waals surface area contributed by atoms with E-state index in [0.29, 0.717) is 0 Å². The summed E-state index contributed by atoms with van der Waals surface area (Å²) >= 11 is 0. The van der Waals surface area contributed by atoms with Crippen molar-refractivity contribution < 1.29 is 19.7 Å². The van der Waals surface area contributed by atoms with E-state index in [1.54, 1.807) is 13.8 Å². The largest absolute Gasteiger partial charge is 0.377 e. The lowest BCUT2D eigenvalue weighted by Crippen LogP contribution is -2.58. The van der Waals surface area contributed by atoms with Crippen molar-refractivity contribution in [2.45, 2.75) is 51.6 Å². The van der Waals surface area contributed by atoms with Crippen LogP contribution in [0, 0.1) is 0 Å². The topological polar surface area (TPSA) is 66.8 Å². The van der Waals surface area contributed by atoms with E-state index in [4.69, 9.17) is 4.74 Å². The second-order valence-electron chi connectivity index (χ2n) is 4.75. The van der Waals surface area contributed by atoms with Gasteiger partial charge in [-0.15, -0.1) is 0 Å². The number of hydrogen-bond donors (Lipinski definition) is 2. The molecule has 4 nitrogen and oxygen atoms in total. The first-order valence-corrected chi connectivity index (χ1v) is 6.53. The number of ether oxygens (including phenoxy) is 1. The summed E-state index contributed by atoms with van der Waals surface area (Å²) in [4.78, 5) is 11.8. The van der Waals surface area contributed by atoms with Crippen molar-refractivity contribution in [3.63, 3.8) is 0 Å². The Labute approximate surface area is 114 Å². The number of aliphatic hydroxyl groups is 2. The number of benzene rings is 1. The molecule has 19 heavy (non-hydrogen) atoms. The molecule has 0 bridgehead atoms. The molecule has 2 N–H and O–H groups in total. The number of rotatable bonds is 7. The molecule has 0 unspecified atom stereocenters. The van der Waals surface area contributed by atoms with Crippen molar-refractivity contribution in [1.29, 1.82) is 0 Å². The first-order chi connectivity index (χ1) is 8.87. The summed E-state index contributed by atoms with van der Waals surface area (Å²) in [6.07, 6.45) is 0.247. The van der Waals surface area contributed by atoms with Gasteiger partial charge < -0.3 is 14.9 Å². The fraction of sp³-hybridized carbons (Fsp3) is 0.533. The van der Waals surface area contributed by atoms with Gasteiger partial charge in [-0.25, -0.2) is 0 Å². The first-order valence-electron chi connectivity index (χ1n) is 6.53. The van der Waals surface area contributed by atoms with Crippen LogP contribution >= 0.6 is 0 Å². The van der Waals surface area contributed by atoms with Gasteiger partial charge in [0.1, 0.15) is 0 Å². The van der Waals surface area contributed by atoms with Crippen LogP contribution in [0.3, 0.4) is 0 Å². The smallest absolute Gasteiger partial charge is 0.199 e. The number of carbonyl (C=O) groups is 1. The zero-order valence-corrected chi connectivity index (χ0v) is 11.7. The Bertz CT molecular complexity index is 413. The summed E-state index contributed by atoms with van der Waals surface area (Å²) in [6, 6.07) is 9.29. The van der Waals surface area contributed by atoms with Gasteiger partial charge in [0, 0.05) is 6.42 Å². The van der Waals surface area contributed by atoms with Crippen molar-refractivity contribution in [2.24, 2.45) is 0 Å². The molecule has 0 radical (unpaired) electrons. The zero-order chi connectivity index (χ0) is 14.5. The lowest BCUT2D eigenvalue weighted by molar-refractivity contribution is -0.284. The van der Waals surface area contributed by atoms with E-state index in [0.717, 1.165) is 5.56 Å². The molecule has 0 aliphatic carbocycles. The fourth-order valence-corrected chi connectivity index (χ4v) is 1.99. The van der Waals surface area contributed by atoms with Gasteiger partial charge in [-0.05, 0) is 18.9 Å². The third-order valence-corrected chi connectivity index (χ3v) is 3.42. The van der Waals surface area contributed by atoms with Gasteiger partial charge in [0.15, 0.2) is 17.2 Å². The van der Waals surface area contributed by atoms with Crippen LogP contribution in [-0.4, -0.2) is 27.4 Å². The molecule has 2 atom stereocenters. The van der Waals surface area contributed by atoms with Gasteiger partial charge in [0.2, 0.25) is 0 Å². The van der Waals surface area contributed by atoms with Gasteiger partial charge in [0.25, 0.3) is 0 Å². The zero-order valence-electron chi connectivity index (χ0n) is 11.7. The van der Waals surface area contributed by atoms with Gasteiger partial charge in [-0.2, -0.15) is 0 Å². The Hall–Kier alpha value is -1.23. The van der Waals surface area contributed by atoms with Crippen LogP contribution in [0.25, 0.3) is 0 Å². The Balaban J connectivity index is 2.81. The maximum atomic E-state index is 11.8. The summed E-state index contributed by atoms with van der Waals surface area (Å²) in [6.45, 7) is 4.75. The average Bonchev–Trinajstić information content (AvgIpc) is 2.44. The van der Waals surface area contributed by atoms with Gasteiger partial charge in [-0.1, -0.05) is 44.2 Å². The highest BCUT2D eigenvalue weighted by Crippen LogP contribution is 2.30. The van der Waals surface area contributed by atoms with E-state index in [2.05, 4.69) is 0 Å².